The Morgan fingerprint density at radius 3 is 1.55 bits per heavy atom. The molecule has 0 aliphatic heterocycles. The Hall–Kier alpha value is -0.840. The van der Waals surface area contributed by atoms with Crippen molar-refractivity contribution in [1.82, 2.24) is 4.98 Å². The van der Waals surface area contributed by atoms with Crippen LogP contribution in [0, 0.1) is 0 Å². The summed E-state index contributed by atoms with van der Waals surface area (Å²) >= 11 is 0. The summed E-state index contributed by atoms with van der Waals surface area (Å²) in [5.74, 6) is 0. The number of rotatable bonds is 0. The third-order valence-electron chi connectivity index (χ3n) is 0.566. The SMILES string of the molecule is O=C([O-])[O-].[Ag].c1ccncc1. The van der Waals surface area contributed by atoms with Gasteiger partial charge in [-0.3, -0.25) is 4.98 Å². The van der Waals surface area contributed by atoms with E-state index in [1.807, 2.05) is 18.2 Å². The fraction of sp³-hybridized carbons (Fsp3) is 0. The number of pyridine rings is 1. The van der Waals surface area contributed by atoms with Crippen molar-refractivity contribution in [3.05, 3.63) is 30.6 Å². The molecule has 11 heavy (non-hydrogen) atoms. The molecule has 0 aliphatic carbocycles. The van der Waals surface area contributed by atoms with Crippen LogP contribution in [0.5, 0.6) is 0 Å². The summed E-state index contributed by atoms with van der Waals surface area (Å²) in [6.07, 6.45) is 1.17. The maximum Gasteiger partial charge on any atom is 0.0267 e. The number of hydrogen-bond donors (Lipinski definition) is 0. The smallest absolute Gasteiger partial charge is 0.0267 e. The first-order chi connectivity index (χ1) is 4.73. The molecule has 0 aromatic carbocycles. The molecule has 0 atom stereocenters. The van der Waals surface area contributed by atoms with Crippen LogP contribution in [-0.2, 0) is 22.4 Å². The predicted molar refractivity (Wildman–Crippen MR) is 29.6 cm³/mol. The van der Waals surface area contributed by atoms with Gasteiger partial charge in [-0.05, 0) is 18.3 Å². The number of carbonyl (C=O) groups excluding carboxylic acids is 1. The molecule has 1 aromatic rings. The first-order valence-electron chi connectivity index (χ1n) is 2.46. The molecule has 5 heteroatoms. The number of carbonyl (C=O) groups is 1. The Morgan fingerprint density at radius 1 is 1.09 bits per heavy atom. The van der Waals surface area contributed by atoms with E-state index >= 15 is 0 Å². The fourth-order valence-electron chi connectivity index (χ4n) is 0.313. The van der Waals surface area contributed by atoms with Gasteiger partial charge in [-0.25, -0.2) is 0 Å². The molecule has 0 fully saturated rings. The predicted octanol–water partition coefficient (Wildman–Crippen LogP) is -1.37. The molecule has 4 nitrogen and oxygen atoms in total. The van der Waals surface area contributed by atoms with E-state index < -0.39 is 6.16 Å². The van der Waals surface area contributed by atoms with E-state index in [0.717, 1.165) is 0 Å². The molecular weight excluding hydrogens is 242 g/mol. The van der Waals surface area contributed by atoms with Gasteiger partial charge in [0.05, 0.1) is 0 Å². The van der Waals surface area contributed by atoms with E-state index in [9.17, 15) is 0 Å². The van der Waals surface area contributed by atoms with Crippen LogP contribution < -0.4 is 10.2 Å². The van der Waals surface area contributed by atoms with Crippen molar-refractivity contribution in [3.8, 4) is 0 Å². The third kappa shape index (κ3) is 17.6. The summed E-state index contributed by atoms with van der Waals surface area (Å²) < 4.78 is 0. The van der Waals surface area contributed by atoms with Crippen LogP contribution in [0.25, 0.3) is 0 Å². The van der Waals surface area contributed by atoms with Gasteiger partial charge in [0.15, 0.2) is 0 Å². The van der Waals surface area contributed by atoms with E-state index in [1.54, 1.807) is 12.4 Å². The number of carboxylic acid groups (broad SMARTS) is 2. The van der Waals surface area contributed by atoms with Crippen LogP contribution in [0.3, 0.4) is 0 Å². The van der Waals surface area contributed by atoms with Crippen molar-refractivity contribution in [2.24, 2.45) is 0 Å². The molecule has 65 valence electrons. The normalized spacial score (nSPS) is 6.55. The summed E-state index contributed by atoms with van der Waals surface area (Å²) in [6, 6.07) is 5.72. The first-order valence-corrected chi connectivity index (χ1v) is 2.46. The second kappa shape index (κ2) is 9.16. The topological polar surface area (TPSA) is 76.1 Å². The van der Waals surface area contributed by atoms with E-state index in [4.69, 9.17) is 15.0 Å². The van der Waals surface area contributed by atoms with Crippen LogP contribution in [-0.4, -0.2) is 11.1 Å². The van der Waals surface area contributed by atoms with Gasteiger partial charge in [-0.1, -0.05) is 6.07 Å². The molecule has 1 radical (unpaired) electrons. The van der Waals surface area contributed by atoms with Gasteiger partial charge in [0.1, 0.15) is 0 Å². The summed E-state index contributed by atoms with van der Waals surface area (Å²) in [7, 11) is 0. The van der Waals surface area contributed by atoms with Crippen molar-refractivity contribution >= 4 is 6.16 Å². The number of nitrogens with zero attached hydrogens (tertiary/aromatic N) is 1. The zero-order chi connectivity index (χ0) is 7.82. The van der Waals surface area contributed by atoms with Crippen LogP contribution in [0.15, 0.2) is 30.6 Å². The quantitative estimate of drug-likeness (QED) is 0.530. The zero-order valence-electron chi connectivity index (χ0n) is 5.36. The molecule has 0 amide bonds. The molecular formula is C6H5AgNO3-2. The van der Waals surface area contributed by atoms with Crippen molar-refractivity contribution in [2.45, 2.75) is 0 Å². The minimum atomic E-state index is -2.33. The summed E-state index contributed by atoms with van der Waals surface area (Å²) in [4.78, 5) is 12.1. The van der Waals surface area contributed by atoms with E-state index in [2.05, 4.69) is 4.98 Å². The maximum atomic E-state index is 8.33. The third-order valence-corrected chi connectivity index (χ3v) is 0.566. The molecule has 0 unspecified atom stereocenters. The fourth-order valence-corrected chi connectivity index (χ4v) is 0.313. The van der Waals surface area contributed by atoms with Crippen LogP contribution in [0.2, 0.25) is 0 Å². The van der Waals surface area contributed by atoms with Crippen molar-refractivity contribution in [1.29, 1.82) is 0 Å². The molecule has 1 heterocycles. The monoisotopic (exact) mass is 246 g/mol. The average molecular weight is 247 g/mol. The largest absolute Gasteiger partial charge is 0.652 e. The maximum absolute atomic E-state index is 8.33. The molecule has 0 aliphatic rings. The van der Waals surface area contributed by atoms with Gasteiger partial charge in [0.2, 0.25) is 0 Å². The van der Waals surface area contributed by atoms with Crippen molar-refractivity contribution < 1.29 is 37.4 Å². The molecule has 0 bridgehead atoms. The minimum absolute atomic E-state index is 0. The Balaban J connectivity index is 0. The average Bonchev–Trinajstić information content (AvgIpc) is 1.90. The second-order valence-electron chi connectivity index (χ2n) is 1.27. The Kier molecular flexibility index (Phi) is 10.7. The van der Waals surface area contributed by atoms with E-state index in [-0.39, 0.29) is 22.4 Å². The first kappa shape index (κ1) is 12.8. The Labute approximate surface area is 79.4 Å². The molecule has 0 spiro atoms. The Bertz CT molecular complexity index is 150. The minimum Gasteiger partial charge on any atom is -0.652 e. The van der Waals surface area contributed by atoms with Gasteiger partial charge < -0.3 is 15.0 Å². The van der Waals surface area contributed by atoms with Gasteiger partial charge in [-0.15, -0.1) is 0 Å². The molecule has 0 N–H and O–H groups in total. The molecule has 1 aromatic heterocycles. The molecule has 0 saturated carbocycles. The van der Waals surface area contributed by atoms with Gasteiger partial charge in [0.25, 0.3) is 0 Å². The van der Waals surface area contributed by atoms with Crippen LogP contribution in [0.1, 0.15) is 0 Å². The van der Waals surface area contributed by atoms with E-state index in [0.29, 0.717) is 0 Å². The number of aromatic nitrogens is 1. The molecule has 1 rings (SSSR count). The van der Waals surface area contributed by atoms with Gasteiger partial charge in [0, 0.05) is 34.8 Å². The van der Waals surface area contributed by atoms with Crippen LogP contribution in [0.4, 0.5) is 4.79 Å². The van der Waals surface area contributed by atoms with Crippen LogP contribution >= 0.6 is 0 Å². The summed E-state index contributed by atoms with van der Waals surface area (Å²) in [6.45, 7) is 0. The second-order valence-corrected chi connectivity index (χ2v) is 1.27. The van der Waals surface area contributed by atoms with Crippen molar-refractivity contribution in [2.75, 3.05) is 0 Å². The summed E-state index contributed by atoms with van der Waals surface area (Å²) in [5.41, 5.74) is 0. The van der Waals surface area contributed by atoms with E-state index in [1.165, 1.54) is 0 Å². The van der Waals surface area contributed by atoms with Crippen molar-refractivity contribution in [3.63, 3.8) is 0 Å². The van der Waals surface area contributed by atoms with Gasteiger partial charge in [-0.2, -0.15) is 0 Å². The van der Waals surface area contributed by atoms with Gasteiger partial charge >= 0.3 is 0 Å². The summed E-state index contributed by atoms with van der Waals surface area (Å²) in [5, 5.41) is 16.7. The number of hydrogen-bond acceptors (Lipinski definition) is 4. The molecule has 0 saturated heterocycles. The zero-order valence-corrected chi connectivity index (χ0v) is 6.84. The Morgan fingerprint density at radius 2 is 1.45 bits per heavy atom. The standard InChI is InChI=1S/C5H5N.CH2O3.Ag/c1-2-4-6-5-3-1;2-1(3)4;/h1-5H;(H2,2,3,4);/p-2.